The Morgan fingerprint density at radius 2 is 1.91 bits per heavy atom. The van der Waals surface area contributed by atoms with Gasteiger partial charge in [0.05, 0.1) is 4.90 Å². The summed E-state index contributed by atoms with van der Waals surface area (Å²) < 4.78 is 36.7. The zero-order valence-corrected chi connectivity index (χ0v) is 14.2. The lowest BCUT2D eigenvalue weighted by atomic mass is 10.0. The molecule has 0 spiro atoms. The molecule has 2 fully saturated rings. The molecule has 1 saturated carbocycles. The Kier molecular flexibility index (Phi) is 4.73. The van der Waals surface area contributed by atoms with Gasteiger partial charge in [0.2, 0.25) is 10.0 Å². The third-order valence-electron chi connectivity index (χ3n) is 4.85. The average molecular weight is 341 g/mol. The molecular weight excluding hydrogens is 317 g/mol. The van der Waals surface area contributed by atoms with E-state index in [0.717, 1.165) is 38.0 Å². The minimum atomic E-state index is -3.87. The van der Waals surface area contributed by atoms with Crippen molar-refractivity contribution in [3.05, 3.63) is 29.6 Å². The molecule has 1 aromatic carbocycles. The molecule has 128 valence electrons. The molecule has 0 amide bonds. The van der Waals surface area contributed by atoms with Crippen molar-refractivity contribution >= 4 is 10.0 Å². The minimum absolute atomic E-state index is 0.165. The van der Waals surface area contributed by atoms with E-state index in [1.807, 2.05) is 6.92 Å². The number of primary sulfonamides is 1. The summed E-state index contributed by atoms with van der Waals surface area (Å²) in [6.45, 7) is 4.10. The van der Waals surface area contributed by atoms with Gasteiger partial charge in [-0.05, 0) is 57.8 Å². The Bertz CT molecular complexity index is 668. The molecule has 3 N–H and O–H groups in total. The van der Waals surface area contributed by atoms with Crippen molar-refractivity contribution in [1.82, 2.24) is 10.2 Å². The summed E-state index contributed by atoms with van der Waals surface area (Å²) in [5, 5.41) is 8.50. The normalized spacial score (nSPS) is 22.2. The summed E-state index contributed by atoms with van der Waals surface area (Å²) in [6, 6.07) is 4.88. The molecule has 1 unspecified atom stereocenters. The van der Waals surface area contributed by atoms with Crippen LogP contribution < -0.4 is 10.5 Å². The molecule has 23 heavy (non-hydrogen) atoms. The van der Waals surface area contributed by atoms with E-state index in [4.69, 9.17) is 5.14 Å². The van der Waals surface area contributed by atoms with E-state index in [2.05, 4.69) is 10.2 Å². The summed E-state index contributed by atoms with van der Waals surface area (Å²) >= 11 is 0. The van der Waals surface area contributed by atoms with Gasteiger partial charge < -0.3 is 10.2 Å². The number of benzene rings is 1. The Hall–Kier alpha value is -1.02. The third-order valence-corrected chi connectivity index (χ3v) is 5.76. The van der Waals surface area contributed by atoms with E-state index in [-0.39, 0.29) is 10.9 Å². The maximum absolute atomic E-state index is 14.2. The van der Waals surface area contributed by atoms with Gasteiger partial charge in [-0.2, -0.15) is 0 Å². The third kappa shape index (κ3) is 4.09. The van der Waals surface area contributed by atoms with Gasteiger partial charge in [-0.25, -0.2) is 17.9 Å². The Morgan fingerprint density at radius 3 is 2.43 bits per heavy atom. The molecule has 1 aliphatic carbocycles. The zero-order chi connectivity index (χ0) is 16.6. The minimum Gasteiger partial charge on any atom is -0.307 e. The molecule has 7 heteroatoms. The van der Waals surface area contributed by atoms with Gasteiger partial charge in [0.25, 0.3) is 0 Å². The summed E-state index contributed by atoms with van der Waals surface area (Å²) in [4.78, 5) is 2.35. The first-order chi connectivity index (χ1) is 10.8. The number of hydrogen-bond acceptors (Lipinski definition) is 4. The fourth-order valence-electron chi connectivity index (χ4n) is 3.35. The fraction of sp³-hybridized carbons (Fsp3) is 0.625. The second-order valence-electron chi connectivity index (χ2n) is 6.66. The average Bonchev–Trinajstić information content (AvgIpc) is 3.31. The summed E-state index contributed by atoms with van der Waals surface area (Å²) in [5.74, 6) is -0.535. The predicted octanol–water partition coefficient (Wildman–Crippen LogP) is 1.75. The van der Waals surface area contributed by atoms with Crippen molar-refractivity contribution in [2.75, 3.05) is 13.1 Å². The number of hydrogen-bond donors (Lipinski definition) is 2. The van der Waals surface area contributed by atoms with E-state index in [9.17, 15) is 12.8 Å². The van der Waals surface area contributed by atoms with Crippen LogP contribution in [0.15, 0.2) is 23.1 Å². The Labute approximate surface area is 137 Å². The lowest BCUT2D eigenvalue weighted by molar-refractivity contribution is 0.184. The van der Waals surface area contributed by atoms with Crippen molar-refractivity contribution in [3.8, 4) is 0 Å². The molecular formula is C16H24FN3O2S. The molecule has 0 bridgehead atoms. The van der Waals surface area contributed by atoms with Crippen LogP contribution in [-0.2, 0) is 10.0 Å². The highest BCUT2D eigenvalue weighted by Gasteiger charge is 2.32. The molecule has 5 nitrogen and oxygen atoms in total. The molecule has 0 radical (unpaired) electrons. The maximum atomic E-state index is 14.2. The summed E-state index contributed by atoms with van der Waals surface area (Å²) in [5.41, 5.74) is 0.474. The lowest BCUT2D eigenvalue weighted by Gasteiger charge is -2.34. The first-order valence-corrected chi connectivity index (χ1v) is 9.71. The Balaban J connectivity index is 1.61. The monoisotopic (exact) mass is 341 g/mol. The van der Waals surface area contributed by atoms with Crippen LogP contribution in [0.4, 0.5) is 4.39 Å². The van der Waals surface area contributed by atoms with Crippen LogP contribution in [0, 0.1) is 5.82 Å². The van der Waals surface area contributed by atoms with Crippen molar-refractivity contribution in [2.45, 2.75) is 55.6 Å². The van der Waals surface area contributed by atoms with Crippen molar-refractivity contribution in [3.63, 3.8) is 0 Å². The molecule has 1 aliphatic heterocycles. The van der Waals surface area contributed by atoms with Crippen molar-refractivity contribution in [1.29, 1.82) is 0 Å². The second-order valence-corrected chi connectivity index (χ2v) is 8.22. The number of rotatable bonds is 5. The molecule has 3 rings (SSSR count). The maximum Gasteiger partial charge on any atom is 0.238 e. The largest absolute Gasteiger partial charge is 0.307 e. The van der Waals surface area contributed by atoms with Crippen LogP contribution in [0.2, 0.25) is 0 Å². The van der Waals surface area contributed by atoms with Gasteiger partial charge in [-0.15, -0.1) is 0 Å². The lowest BCUT2D eigenvalue weighted by Crippen LogP contribution is -2.44. The standard InChI is InChI=1S/C16H24FN3O2S/c1-11(15-5-4-14(10-16(15)17)23(18,21)22)19-12-6-8-20(9-7-12)13-2-3-13/h4-5,10-13,19H,2-3,6-9H2,1H3,(H2,18,21,22). The van der Waals surface area contributed by atoms with E-state index in [0.29, 0.717) is 11.6 Å². The predicted molar refractivity (Wildman–Crippen MR) is 86.9 cm³/mol. The number of nitrogens with one attached hydrogen (secondary N) is 1. The Morgan fingerprint density at radius 1 is 1.26 bits per heavy atom. The van der Waals surface area contributed by atoms with Crippen molar-refractivity contribution in [2.24, 2.45) is 5.14 Å². The number of piperidine rings is 1. The van der Waals surface area contributed by atoms with Gasteiger partial charge in [0.15, 0.2) is 0 Å². The van der Waals surface area contributed by atoms with E-state index in [1.165, 1.54) is 25.0 Å². The summed E-state index contributed by atoms with van der Waals surface area (Å²) in [6.07, 6.45) is 4.79. The molecule has 1 saturated heterocycles. The molecule has 1 aromatic rings. The first kappa shape index (κ1) is 16.8. The molecule has 1 heterocycles. The van der Waals surface area contributed by atoms with Crippen LogP contribution >= 0.6 is 0 Å². The van der Waals surface area contributed by atoms with Crippen LogP contribution in [0.1, 0.15) is 44.2 Å². The highest BCUT2D eigenvalue weighted by Crippen LogP contribution is 2.30. The quantitative estimate of drug-likeness (QED) is 0.856. The highest BCUT2D eigenvalue weighted by atomic mass is 32.2. The van der Waals surface area contributed by atoms with E-state index >= 15 is 0 Å². The smallest absolute Gasteiger partial charge is 0.238 e. The summed E-state index contributed by atoms with van der Waals surface area (Å²) in [7, 11) is -3.87. The van der Waals surface area contributed by atoms with Crippen LogP contribution in [0.3, 0.4) is 0 Å². The van der Waals surface area contributed by atoms with Gasteiger partial charge in [0.1, 0.15) is 5.82 Å². The van der Waals surface area contributed by atoms with Crippen LogP contribution in [-0.4, -0.2) is 38.5 Å². The first-order valence-electron chi connectivity index (χ1n) is 8.17. The number of nitrogens with zero attached hydrogens (tertiary/aromatic N) is 1. The second kappa shape index (κ2) is 6.47. The zero-order valence-electron chi connectivity index (χ0n) is 13.3. The van der Waals surface area contributed by atoms with Gasteiger partial charge >= 0.3 is 0 Å². The van der Waals surface area contributed by atoms with Gasteiger partial charge in [0, 0.05) is 23.7 Å². The number of sulfonamides is 1. The molecule has 2 aliphatic rings. The topological polar surface area (TPSA) is 75.4 Å². The number of likely N-dealkylation sites (tertiary alicyclic amines) is 1. The SMILES string of the molecule is CC(NC1CCN(C2CC2)CC1)c1ccc(S(N)(=O)=O)cc1F. The fourth-order valence-corrected chi connectivity index (χ4v) is 3.88. The van der Waals surface area contributed by atoms with Crippen LogP contribution in [0.5, 0.6) is 0 Å². The van der Waals surface area contributed by atoms with Crippen molar-refractivity contribution < 1.29 is 12.8 Å². The van der Waals surface area contributed by atoms with E-state index < -0.39 is 15.8 Å². The molecule has 0 aromatic heterocycles. The number of halogens is 1. The van der Waals surface area contributed by atoms with E-state index in [1.54, 1.807) is 0 Å². The highest BCUT2D eigenvalue weighted by molar-refractivity contribution is 7.89. The van der Waals surface area contributed by atoms with Gasteiger partial charge in [-0.1, -0.05) is 6.07 Å². The van der Waals surface area contributed by atoms with Gasteiger partial charge in [-0.3, -0.25) is 0 Å². The molecule has 1 atom stereocenters. The number of nitrogens with two attached hydrogens (primary N) is 1. The van der Waals surface area contributed by atoms with Crippen LogP contribution in [0.25, 0.3) is 0 Å².